The first-order valence-corrected chi connectivity index (χ1v) is 12.3. The van der Waals surface area contributed by atoms with Crippen molar-refractivity contribution in [3.63, 3.8) is 0 Å². The van der Waals surface area contributed by atoms with Crippen molar-refractivity contribution in [3.8, 4) is 16.8 Å². The minimum atomic E-state index is 0.937. The monoisotopic (exact) mass is 451 g/mol. The van der Waals surface area contributed by atoms with Crippen LogP contribution in [-0.4, -0.2) is 4.57 Å². The molecule has 0 fully saturated rings. The molecule has 0 atom stereocenters. The lowest BCUT2D eigenvalue weighted by Gasteiger charge is -2.11. The van der Waals surface area contributed by atoms with Crippen LogP contribution in [0.5, 0.6) is 0 Å². The molecule has 7 aromatic rings. The number of rotatable bonds is 3. The van der Waals surface area contributed by atoms with Gasteiger partial charge < -0.3 is 8.98 Å². The van der Waals surface area contributed by atoms with Crippen LogP contribution in [0.1, 0.15) is 18.1 Å². The third-order valence-corrected chi connectivity index (χ3v) is 7.32. The molecule has 2 heterocycles. The maximum Gasteiger partial charge on any atom is 0.136 e. The zero-order chi connectivity index (χ0) is 23.5. The van der Waals surface area contributed by atoms with Crippen molar-refractivity contribution in [3.05, 3.63) is 114 Å². The summed E-state index contributed by atoms with van der Waals surface area (Å²) in [6.45, 7) is 4.41. The Hall–Kier alpha value is -4.30. The second-order valence-corrected chi connectivity index (χ2v) is 9.33. The molecule has 5 aromatic carbocycles. The van der Waals surface area contributed by atoms with Crippen molar-refractivity contribution in [1.29, 1.82) is 0 Å². The summed E-state index contributed by atoms with van der Waals surface area (Å²) in [6.07, 6.45) is 0.971. The summed E-state index contributed by atoms with van der Waals surface area (Å²) >= 11 is 0. The van der Waals surface area contributed by atoms with E-state index >= 15 is 0 Å². The molecule has 0 aliphatic carbocycles. The van der Waals surface area contributed by atoms with E-state index in [1.165, 1.54) is 60.5 Å². The summed E-state index contributed by atoms with van der Waals surface area (Å²) in [6, 6.07) is 37.0. The number of aryl methyl sites for hydroxylation is 2. The molecule has 0 N–H and O–H groups in total. The van der Waals surface area contributed by atoms with Gasteiger partial charge in [-0.3, -0.25) is 0 Å². The van der Waals surface area contributed by atoms with Crippen LogP contribution < -0.4 is 0 Å². The second-order valence-electron chi connectivity index (χ2n) is 9.33. The highest BCUT2D eigenvalue weighted by Gasteiger charge is 2.18. The van der Waals surface area contributed by atoms with Crippen LogP contribution in [0.15, 0.2) is 108 Å². The highest BCUT2D eigenvalue weighted by molar-refractivity contribution is 6.17. The van der Waals surface area contributed by atoms with E-state index in [1.54, 1.807) is 0 Å². The van der Waals surface area contributed by atoms with Crippen LogP contribution in [0.3, 0.4) is 0 Å². The van der Waals surface area contributed by atoms with Gasteiger partial charge in [0.2, 0.25) is 0 Å². The molecule has 2 aromatic heterocycles. The minimum Gasteiger partial charge on any atom is -0.456 e. The average molecular weight is 452 g/mol. The van der Waals surface area contributed by atoms with E-state index in [1.807, 2.05) is 0 Å². The largest absolute Gasteiger partial charge is 0.456 e. The Labute approximate surface area is 204 Å². The molecule has 0 radical (unpaired) electrons. The van der Waals surface area contributed by atoms with Crippen LogP contribution in [0, 0.1) is 6.92 Å². The standard InChI is InChI=1S/C33H25NO/c1-3-22-17-28-29-18-31-27(25-15-9-10-16-30(25)34(31)23-12-5-4-6-13-23)20-33(29)35-32(28)19-26(22)24-14-8-7-11-21(24)2/h4-20H,3H2,1-2H3. The normalized spacial score (nSPS) is 11.8. The average Bonchev–Trinajstić information content (AvgIpc) is 3.41. The van der Waals surface area contributed by atoms with E-state index in [-0.39, 0.29) is 0 Å². The van der Waals surface area contributed by atoms with Crippen molar-refractivity contribution < 1.29 is 4.42 Å². The Morgan fingerprint density at radius 2 is 1.31 bits per heavy atom. The fourth-order valence-corrected chi connectivity index (χ4v) is 5.60. The Bertz CT molecular complexity index is 1890. The number of fused-ring (bicyclic) bond motifs is 6. The van der Waals surface area contributed by atoms with Crippen LogP contribution in [0.2, 0.25) is 0 Å². The first-order valence-electron chi connectivity index (χ1n) is 12.3. The summed E-state index contributed by atoms with van der Waals surface area (Å²) in [5, 5.41) is 4.80. The van der Waals surface area contributed by atoms with Crippen LogP contribution in [0.25, 0.3) is 60.6 Å². The lowest BCUT2D eigenvalue weighted by molar-refractivity contribution is 0.669. The van der Waals surface area contributed by atoms with Gasteiger partial charge in [0, 0.05) is 27.2 Å². The van der Waals surface area contributed by atoms with Gasteiger partial charge in [0.25, 0.3) is 0 Å². The van der Waals surface area contributed by atoms with Gasteiger partial charge in [-0.1, -0.05) is 67.6 Å². The second kappa shape index (κ2) is 7.61. The molecule has 2 heteroatoms. The van der Waals surface area contributed by atoms with Crippen molar-refractivity contribution in [2.45, 2.75) is 20.3 Å². The summed E-state index contributed by atoms with van der Waals surface area (Å²) in [5.41, 5.74) is 10.6. The van der Waals surface area contributed by atoms with E-state index in [9.17, 15) is 0 Å². The summed E-state index contributed by atoms with van der Waals surface area (Å²) < 4.78 is 8.88. The van der Waals surface area contributed by atoms with E-state index in [4.69, 9.17) is 4.42 Å². The van der Waals surface area contributed by atoms with Gasteiger partial charge in [-0.05, 0) is 78.1 Å². The van der Waals surface area contributed by atoms with Gasteiger partial charge in [0.15, 0.2) is 0 Å². The van der Waals surface area contributed by atoms with E-state index in [2.05, 4.69) is 122 Å². The van der Waals surface area contributed by atoms with Crippen LogP contribution in [-0.2, 0) is 6.42 Å². The third kappa shape index (κ3) is 2.96. The van der Waals surface area contributed by atoms with Gasteiger partial charge in [-0.2, -0.15) is 0 Å². The zero-order valence-electron chi connectivity index (χ0n) is 19.9. The molecule has 0 saturated heterocycles. The quantitative estimate of drug-likeness (QED) is 0.262. The van der Waals surface area contributed by atoms with Gasteiger partial charge in [-0.25, -0.2) is 0 Å². The van der Waals surface area contributed by atoms with Gasteiger partial charge in [-0.15, -0.1) is 0 Å². The number of nitrogens with zero attached hydrogens (tertiary/aromatic N) is 1. The Balaban J connectivity index is 1.57. The first kappa shape index (κ1) is 20.1. The number of furan rings is 1. The molecule has 35 heavy (non-hydrogen) atoms. The molecular formula is C33H25NO. The first-order chi connectivity index (χ1) is 17.2. The maximum absolute atomic E-state index is 6.52. The molecule has 0 aliphatic heterocycles. The Morgan fingerprint density at radius 3 is 2.14 bits per heavy atom. The number of aromatic nitrogens is 1. The van der Waals surface area contributed by atoms with E-state index < -0.39 is 0 Å². The molecule has 0 saturated carbocycles. The highest BCUT2D eigenvalue weighted by atomic mass is 16.3. The summed E-state index contributed by atoms with van der Waals surface area (Å²) in [5.74, 6) is 0. The van der Waals surface area contributed by atoms with E-state index in [0.29, 0.717) is 0 Å². The Morgan fingerprint density at radius 1 is 0.600 bits per heavy atom. The molecular weight excluding hydrogens is 426 g/mol. The third-order valence-electron chi connectivity index (χ3n) is 7.32. The number of hydrogen-bond acceptors (Lipinski definition) is 1. The van der Waals surface area contributed by atoms with Crippen molar-refractivity contribution in [2.24, 2.45) is 0 Å². The van der Waals surface area contributed by atoms with Crippen molar-refractivity contribution in [1.82, 2.24) is 4.57 Å². The predicted octanol–water partition coefficient (Wildman–Crippen LogP) is 9.22. The van der Waals surface area contributed by atoms with Crippen molar-refractivity contribution >= 4 is 43.7 Å². The number of benzene rings is 5. The molecule has 2 nitrogen and oxygen atoms in total. The summed E-state index contributed by atoms with van der Waals surface area (Å²) in [4.78, 5) is 0. The Kier molecular flexibility index (Phi) is 4.37. The molecule has 0 unspecified atom stereocenters. The van der Waals surface area contributed by atoms with Crippen LogP contribution in [0.4, 0.5) is 0 Å². The van der Waals surface area contributed by atoms with E-state index in [0.717, 1.165) is 17.6 Å². The number of hydrogen-bond donors (Lipinski definition) is 0. The molecule has 0 spiro atoms. The fraction of sp³-hybridized carbons (Fsp3) is 0.0909. The van der Waals surface area contributed by atoms with Crippen LogP contribution >= 0.6 is 0 Å². The van der Waals surface area contributed by atoms with Gasteiger partial charge >= 0.3 is 0 Å². The minimum absolute atomic E-state index is 0.937. The van der Waals surface area contributed by atoms with Gasteiger partial charge in [0.1, 0.15) is 11.2 Å². The molecule has 0 aliphatic rings. The van der Waals surface area contributed by atoms with Gasteiger partial charge in [0.05, 0.1) is 11.0 Å². The molecule has 7 rings (SSSR count). The summed E-state index contributed by atoms with van der Waals surface area (Å²) in [7, 11) is 0. The number of para-hydroxylation sites is 2. The topological polar surface area (TPSA) is 18.1 Å². The molecule has 168 valence electrons. The lowest BCUT2D eigenvalue weighted by atomic mass is 9.93. The molecule has 0 bridgehead atoms. The highest BCUT2D eigenvalue weighted by Crippen LogP contribution is 2.40. The molecule has 0 amide bonds. The smallest absolute Gasteiger partial charge is 0.136 e. The SMILES string of the molecule is CCc1cc2c(cc1-c1ccccc1C)oc1cc3c4ccccc4n(-c4ccccc4)c3cc12. The fourth-order valence-electron chi connectivity index (χ4n) is 5.60. The zero-order valence-corrected chi connectivity index (χ0v) is 19.9. The lowest BCUT2D eigenvalue weighted by Crippen LogP contribution is -1.92. The van der Waals surface area contributed by atoms with Crippen molar-refractivity contribution in [2.75, 3.05) is 0 Å². The maximum atomic E-state index is 6.52. The predicted molar refractivity (Wildman–Crippen MR) is 148 cm³/mol.